The van der Waals surface area contributed by atoms with Gasteiger partial charge in [0, 0.05) is 12.5 Å². The van der Waals surface area contributed by atoms with Crippen LogP contribution in [0.25, 0.3) is 0 Å². The zero-order valence-corrected chi connectivity index (χ0v) is 19.2. The summed E-state index contributed by atoms with van der Waals surface area (Å²) in [6, 6.07) is 13.1. The Morgan fingerprint density at radius 2 is 1.56 bits per heavy atom. The van der Waals surface area contributed by atoms with E-state index in [9.17, 15) is 31.9 Å². The lowest BCUT2D eigenvalue weighted by Crippen LogP contribution is -2.53. The number of benzene rings is 3. The molecule has 3 aromatic carbocycles. The van der Waals surface area contributed by atoms with Crippen molar-refractivity contribution in [2.45, 2.75) is 49.9 Å². The highest BCUT2D eigenvalue weighted by Gasteiger charge is 2.40. The molecule has 0 heterocycles. The number of hydrogen-bond acceptors (Lipinski definition) is 2. The number of carbonyl (C=O) groups is 1. The maximum absolute atomic E-state index is 14.6. The number of phenolic OH excluding ortho intramolecular Hbond substituents is 1. The highest BCUT2D eigenvalue weighted by atomic mass is 19.4. The Balaban J connectivity index is 1.92. The molecule has 0 aromatic heterocycles. The van der Waals surface area contributed by atoms with E-state index in [1.165, 1.54) is 6.07 Å². The summed E-state index contributed by atoms with van der Waals surface area (Å²) in [5.41, 5.74) is -2.52. The van der Waals surface area contributed by atoms with E-state index in [4.69, 9.17) is 0 Å². The topological polar surface area (TPSA) is 61.4 Å². The molecule has 1 saturated carbocycles. The molecule has 190 valence electrons. The zero-order valence-electron chi connectivity index (χ0n) is 19.2. The lowest BCUT2D eigenvalue weighted by atomic mass is 9.77. The lowest BCUT2D eigenvalue weighted by molar-refractivity contribution is -0.137. The first-order valence-electron chi connectivity index (χ1n) is 11.6. The SMILES string of the molecule is O=C(NC1CCCC1)NC(Cc1ccccc1)(c1cc(F)cc(C(F)(F)F)c1)c1ccc(F)c(O)c1. The maximum atomic E-state index is 14.6. The van der Waals surface area contributed by atoms with Gasteiger partial charge in [0.05, 0.1) is 11.1 Å². The van der Waals surface area contributed by atoms with E-state index in [0.717, 1.165) is 49.9 Å². The number of urea groups is 1. The molecule has 1 unspecified atom stereocenters. The van der Waals surface area contributed by atoms with Crippen LogP contribution in [0.1, 0.15) is 47.9 Å². The number of hydrogen-bond donors (Lipinski definition) is 3. The van der Waals surface area contributed by atoms with E-state index in [1.54, 1.807) is 30.3 Å². The van der Waals surface area contributed by atoms with Crippen molar-refractivity contribution in [3.05, 3.63) is 101 Å². The number of amides is 2. The molecule has 0 spiro atoms. The molecule has 36 heavy (non-hydrogen) atoms. The van der Waals surface area contributed by atoms with Crippen LogP contribution >= 0.6 is 0 Å². The Labute approximate surface area is 205 Å². The smallest absolute Gasteiger partial charge is 0.416 e. The molecule has 2 amide bonds. The van der Waals surface area contributed by atoms with Gasteiger partial charge < -0.3 is 15.7 Å². The summed E-state index contributed by atoms with van der Waals surface area (Å²) in [6.45, 7) is 0. The van der Waals surface area contributed by atoms with Gasteiger partial charge >= 0.3 is 12.2 Å². The van der Waals surface area contributed by atoms with Crippen LogP contribution in [0.2, 0.25) is 0 Å². The largest absolute Gasteiger partial charge is 0.505 e. The maximum Gasteiger partial charge on any atom is 0.416 e. The minimum atomic E-state index is -4.85. The van der Waals surface area contributed by atoms with Gasteiger partial charge in [-0.05, 0) is 59.9 Å². The fourth-order valence-electron chi connectivity index (χ4n) is 4.72. The van der Waals surface area contributed by atoms with Crippen LogP contribution in [-0.2, 0) is 18.1 Å². The molecular formula is C27H25F5N2O2. The second kappa shape index (κ2) is 10.2. The highest BCUT2D eigenvalue weighted by Crippen LogP contribution is 2.39. The zero-order chi connectivity index (χ0) is 25.9. The van der Waals surface area contributed by atoms with Crippen molar-refractivity contribution in [2.24, 2.45) is 0 Å². The average molecular weight is 504 g/mol. The van der Waals surface area contributed by atoms with Crippen molar-refractivity contribution in [1.29, 1.82) is 0 Å². The van der Waals surface area contributed by atoms with Gasteiger partial charge in [0.1, 0.15) is 5.82 Å². The molecule has 3 N–H and O–H groups in total. The molecule has 0 radical (unpaired) electrons. The van der Waals surface area contributed by atoms with Crippen LogP contribution in [0, 0.1) is 11.6 Å². The molecule has 3 aromatic rings. The van der Waals surface area contributed by atoms with Gasteiger partial charge in [0.2, 0.25) is 0 Å². The summed E-state index contributed by atoms with van der Waals surface area (Å²) in [4.78, 5) is 13.2. The summed E-state index contributed by atoms with van der Waals surface area (Å²) in [6.07, 6.45) is -1.57. The first-order valence-corrected chi connectivity index (χ1v) is 11.6. The molecule has 4 nitrogen and oxygen atoms in total. The predicted molar refractivity (Wildman–Crippen MR) is 124 cm³/mol. The quantitative estimate of drug-likeness (QED) is 0.340. The van der Waals surface area contributed by atoms with E-state index in [0.29, 0.717) is 11.6 Å². The van der Waals surface area contributed by atoms with Gasteiger partial charge in [-0.3, -0.25) is 0 Å². The summed E-state index contributed by atoms with van der Waals surface area (Å²) < 4.78 is 69.6. The Kier molecular flexibility index (Phi) is 7.19. The number of alkyl halides is 3. The standard InChI is InChI=1S/C27H25F5N2O2/c28-21-13-19(12-20(14-21)27(30,31)32)26(16-17-6-2-1-3-7-17,18-10-11-23(29)24(35)15-18)34-25(36)33-22-8-4-5-9-22/h1-3,6-7,10-15,22,35H,4-5,8-9,16H2,(H2,33,34,36). The summed E-state index contributed by atoms with van der Waals surface area (Å²) in [5.74, 6) is -2.85. The van der Waals surface area contributed by atoms with Crippen LogP contribution in [0.5, 0.6) is 5.75 Å². The van der Waals surface area contributed by atoms with Gasteiger partial charge in [0.15, 0.2) is 11.6 Å². The number of halogens is 5. The third kappa shape index (κ3) is 5.61. The third-order valence-electron chi connectivity index (χ3n) is 6.49. The summed E-state index contributed by atoms with van der Waals surface area (Å²) in [5, 5.41) is 15.7. The van der Waals surface area contributed by atoms with Crippen LogP contribution in [-0.4, -0.2) is 17.2 Å². The van der Waals surface area contributed by atoms with Crippen molar-refractivity contribution in [3.8, 4) is 5.75 Å². The molecule has 1 aliphatic carbocycles. The fourth-order valence-corrected chi connectivity index (χ4v) is 4.72. The molecule has 0 bridgehead atoms. The van der Waals surface area contributed by atoms with Crippen molar-refractivity contribution in [1.82, 2.24) is 10.6 Å². The molecule has 9 heteroatoms. The van der Waals surface area contributed by atoms with Crippen LogP contribution in [0.4, 0.5) is 26.7 Å². The van der Waals surface area contributed by atoms with E-state index in [2.05, 4.69) is 10.6 Å². The molecule has 4 rings (SSSR count). The Hall–Kier alpha value is -3.62. The number of carbonyl (C=O) groups excluding carboxylic acids is 1. The number of aromatic hydroxyl groups is 1. The molecule has 1 fully saturated rings. The first kappa shape index (κ1) is 25.5. The van der Waals surface area contributed by atoms with E-state index >= 15 is 0 Å². The fraction of sp³-hybridized carbons (Fsp3) is 0.296. The van der Waals surface area contributed by atoms with Gasteiger partial charge in [-0.15, -0.1) is 0 Å². The monoisotopic (exact) mass is 504 g/mol. The van der Waals surface area contributed by atoms with Crippen LogP contribution in [0.15, 0.2) is 66.7 Å². The van der Waals surface area contributed by atoms with Crippen molar-refractivity contribution in [3.63, 3.8) is 0 Å². The minimum Gasteiger partial charge on any atom is -0.505 e. The molecule has 1 aliphatic rings. The van der Waals surface area contributed by atoms with Gasteiger partial charge in [-0.1, -0.05) is 49.2 Å². The Morgan fingerprint density at radius 1 is 0.889 bits per heavy atom. The summed E-state index contributed by atoms with van der Waals surface area (Å²) >= 11 is 0. The number of phenols is 1. The van der Waals surface area contributed by atoms with Gasteiger partial charge in [0.25, 0.3) is 0 Å². The second-order valence-electron chi connectivity index (χ2n) is 9.04. The number of nitrogens with one attached hydrogen (secondary N) is 2. The van der Waals surface area contributed by atoms with E-state index in [1.807, 2.05) is 0 Å². The lowest BCUT2D eigenvalue weighted by Gasteiger charge is -2.37. The van der Waals surface area contributed by atoms with Gasteiger partial charge in [-0.25, -0.2) is 13.6 Å². The molecule has 0 saturated heterocycles. The van der Waals surface area contributed by atoms with Crippen molar-refractivity contribution >= 4 is 6.03 Å². The van der Waals surface area contributed by atoms with E-state index < -0.39 is 40.7 Å². The third-order valence-corrected chi connectivity index (χ3v) is 6.49. The van der Waals surface area contributed by atoms with Crippen molar-refractivity contribution in [2.75, 3.05) is 0 Å². The molecular weight excluding hydrogens is 479 g/mol. The first-order chi connectivity index (χ1) is 17.1. The Bertz CT molecular complexity index is 1230. The van der Waals surface area contributed by atoms with Crippen LogP contribution < -0.4 is 10.6 Å². The van der Waals surface area contributed by atoms with Crippen LogP contribution in [0.3, 0.4) is 0 Å². The normalized spacial score (nSPS) is 15.9. The van der Waals surface area contributed by atoms with Crippen molar-refractivity contribution < 1.29 is 31.9 Å². The second-order valence-corrected chi connectivity index (χ2v) is 9.04. The minimum absolute atomic E-state index is 0.0885. The average Bonchev–Trinajstić information content (AvgIpc) is 3.33. The molecule has 1 atom stereocenters. The Morgan fingerprint density at radius 3 is 2.19 bits per heavy atom. The molecule has 0 aliphatic heterocycles. The van der Waals surface area contributed by atoms with E-state index in [-0.39, 0.29) is 23.6 Å². The number of rotatable bonds is 6. The highest BCUT2D eigenvalue weighted by molar-refractivity contribution is 5.76. The predicted octanol–water partition coefficient (Wildman–Crippen LogP) is 6.42. The summed E-state index contributed by atoms with van der Waals surface area (Å²) in [7, 11) is 0. The van der Waals surface area contributed by atoms with Gasteiger partial charge in [-0.2, -0.15) is 13.2 Å².